The Kier molecular flexibility index (Phi) is 9.31. The van der Waals surface area contributed by atoms with E-state index in [-0.39, 0.29) is 5.92 Å². The Balaban J connectivity index is 0.901. The molecule has 0 radical (unpaired) electrons. The van der Waals surface area contributed by atoms with E-state index in [1.165, 1.54) is 82.7 Å². The van der Waals surface area contributed by atoms with Crippen LogP contribution < -0.4 is 0 Å². The maximum Gasteiger partial charge on any atom is 0.143 e. The Bertz CT molecular complexity index is 3450. The molecule has 300 valence electrons. The Morgan fingerprint density at radius 2 is 0.656 bits per heavy atom. The molecular formula is C63H42O. The number of para-hydroxylation sites is 2. The van der Waals surface area contributed by atoms with Gasteiger partial charge in [-0.2, -0.15) is 0 Å². The topological polar surface area (TPSA) is 13.1 Å². The van der Waals surface area contributed by atoms with Crippen LogP contribution in [0.3, 0.4) is 0 Å². The molecule has 0 atom stereocenters. The van der Waals surface area contributed by atoms with Gasteiger partial charge in [-0.25, -0.2) is 0 Å². The Labute approximate surface area is 373 Å². The van der Waals surface area contributed by atoms with Crippen molar-refractivity contribution < 1.29 is 4.42 Å². The summed E-state index contributed by atoms with van der Waals surface area (Å²) in [5, 5.41) is 7.33. The highest BCUT2D eigenvalue weighted by Gasteiger charge is 2.20. The average molecular weight is 815 g/mol. The van der Waals surface area contributed by atoms with Crippen LogP contribution in [0.25, 0.3) is 99.1 Å². The van der Waals surface area contributed by atoms with Gasteiger partial charge in [-0.05, 0) is 94.4 Å². The molecular weight excluding hydrogens is 773 g/mol. The SMILES string of the molecule is c1cc(-c2cccc3c2oc2ccccc23)cc(C(c2ccc(-c3ccc(-c4cccc5ccccc45)cc3)cc2)c2ccc(-c3ccc(-c4cccc5ccccc45)cc3)cc2)c1. The van der Waals surface area contributed by atoms with Crippen LogP contribution in [0.4, 0.5) is 0 Å². The maximum atomic E-state index is 6.52. The monoisotopic (exact) mass is 814 g/mol. The van der Waals surface area contributed by atoms with E-state index in [1.807, 2.05) is 6.07 Å². The fourth-order valence-electron chi connectivity index (χ4n) is 9.81. The van der Waals surface area contributed by atoms with Gasteiger partial charge in [0.2, 0.25) is 0 Å². The summed E-state index contributed by atoms with van der Waals surface area (Å²) in [6.45, 7) is 0. The highest BCUT2D eigenvalue weighted by molar-refractivity contribution is 6.09. The van der Waals surface area contributed by atoms with Crippen LogP contribution in [0.15, 0.2) is 253 Å². The summed E-state index contributed by atoms with van der Waals surface area (Å²) >= 11 is 0. The van der Waals surface area contributed by atoms with Gasteiger partial charge in [-0.3, -0.25) is 0 Å². The van der Waals surface area contributed by atoms with Crippen molar-refractivity contribution in [2.24, 2.45) is 0 Å². The first kappa shape index (κ1) is 37.5. The van der Waals surface area contributed by atoms with Crippen molar-refractivity contribution in [2.45, 2.75) is 5.92 Å². The molecule has 0 unspecified atom stereocenters. The number of furan rings is 1. The average Bonchev–Trinajstić information content (AvgIpc) is 3.76. The molecule has 0 amide bonds. The van der Waals surface area contributed by atoms with Gasteiger partial charge in [0.05, 0.1) is 0 Å². The zero-order chi connectivity index (χ0) is 42.4. The lowest BCUT2D eigenvalue weighted by Gasteiger charge is -2.21. The van der Waals surface area contributed by atoms with Gasteiger partial charge in [0, 0.05) is 22.3 Å². The zero-order valence-electron chi connectivity index (χ0n) is 35.2. The second kappa shape index (κ2) is 15.9. The maximum absolute atomic E-state index is 6.52. The van der Waals surface area contributed by atoms with Gasteiger partial charge in [-0.1, -0.05) is 243 Å². The van der Waals surface area contributed by atoms with Crippen molar-refractivity contribution in [1.82, 2.24) is 0 Å². The standard InChI is InChI=1S/C63H42O/c1-3-17-54-46(11-1)13-8-20-56(54)48-33-25-42(26-34-48)44-29-37-50(38-30-44)62(53-16-7-15-52(41-53)58-22-10-23-60-59-19-5-6-24-61(59)64-63(58)60)51-39-31-45(32-40-51)43-27-35-49(36-28-43)57-21-9-14-47-12-2-4-18-55(47)57/h1-41,62H. The van der Waals surface area contributed by atoms with E-state index < -0.39 is 0 Å². The lowest BCUT2D eigenvalue weighted by atomic mass is 9.83. The van der Waals surface area contributed by atoms with E-state index in [1.54, 1.807) is 0 Å². The third-order valence-electron chi connectivity index (χ3n) is 13.1. The van der Waals surface area contributed by atoms with Crippen LogP contribution in [0, 0.1) is 0 Å². The number of hydrogen-bond acceptors (Lipinski definition) is 1. The third-order valence-corrected chi connectivity index (χ3v) is 13.1. The smallest absolute Gasteiger partial charge is 0.143 e. The minimum Gasteiger partial charge on any atom is -0.455 e. The summed E-state index contributed by atoms with van der Waals surface area (Å²) in [6.07, 6.45) is 0. The summed E-state index contributed by atoms with van der Waals surface area (Å²) in [4.78, 5) is 0. The van der Waals surface area contributed by atoms with Crippen molar-refractivity contribution in [3.05, 3.63) is 265 Å². The quantitative estimate of drug-likeness (QED) is 0.139. The van der Waals surface area contributed by atoms with Crippen LogP contribution in [0.5, 0.6) is 0 Å². The van der Waals surface area contributed by atoms with E-state index in [2.05, 4.69) is 243 Å². The molecule has 12 aromatic rings. The Hall–Kier alpha value is -8.26. The molecule has 0 aliphatic carbocycles. The number of benzene rings is 11. The predicted molar refractivity (Wildman–Crippen MR) is 270 cm³/mol. The molecule has 0 aliphatic heterocycles. The fourth-order valence-corrected chi connectivity index (χ4v) is 9.81. The van der Waals surface area contributed by atoms with Gasteiger partial charge < -0.3 is 4.42 Å². The second-order valence-corrected chi connectivity index (χ2v) is 16.8. The van der Waals surface area contributed by atoms with E-state index in [0.717, 1.165) is 33.1 Å². The summed E-state index contributed by atoms with van der Waals surface area (Å²) in [6, 6.07) is 90.5. The van der Waals surface area contributed by atoms with Gasteiger partial charge in [0.1, 0.15) is 11.2 Å². The summed E-state index contributed by atoms with van der Waals surface area (Å²) in [5.74, 6) is 0.000372. The molecule has 1 nitrogen and oxygen atoms in total. The summed E-state index contributed by atoms with van der Waals surface area (Å²) in [7, 11) is 0. The molecule has 1 aromatic heterocycles. The molecule has 1 heterocycles. The van der Waals surface area contributed by atoms with Gasteiger partial charge >= 0.3 is 0 Å². The fraction of sp³-hybridized carbons (Fsp3) is 0.0159. The molecule has 0 bridgehead atoms. The van der Waals surface area contributed by atoms with Gasteiger partial charge in [-0.15, -0.1) is 0 Å². The van der Waals surface area contributed by atoms with E-state index >= 15 is 0 Å². The molecule has 0 aliphatic rings. The van der Waals surface area contributed by atoms with Crippen LogP contribution in [0.1, 0.15) is 22.6 Å². The summed E-state index contributed by atoms with van der Waals surface area (Å²) in [5.41, 5.74) is 17.5. The van der Waals surface area contributed by atoms with Crippen LogP contribution >= 0.6 is 0 Å². The van der Waals surface area contributed by atoms with Crippen LogP contribution in [-0.2, 0) is 0 Å². The number of rotatable bonds is 8. The highest BCUT2D eigenvalue weighted by Crippen LogP contribution is 2.40. The minimum atomic E-state index is 0.000372. The lowest BCUT2D eigenvalue weighted by Crippen LogP contribution is -2.04. The van der Waals surface area contributed by atoms with Crippen molar-refractivity contribution in [1.29, 1.82) is 0 Å². The highest BCUT2D eigenvalue weighted by atomic mass is 16.3. The molecule has 0 N–H and O–H groups in total. The zero-order valence-corrected chi connectivity index (χ0v) is 35.2. The van der Waals surface area contributed by atoms with Gasteiger partial charge in [0.15, 0.2) is 0 Å². The number of fused-ring (bicyclic) bond motifs is 5. The second-order valence-electron chi connectivity index (χ2n) is 16.8. The normalized spacial score (nSPS) is 11.6. The van der Waals surface area contributed by atoms with Gasteiger partial charge in [0.25, 0.3) is 0 Å². The summed E-state index contributed by atoms with van der Waals surface area (Å²) < 4.78 is 6.52. The van der Waals surface area contributed by atoms with Crippen molar-refractivity contribution in [3.63, 3.8) is 0 Å². The van der Waals surface area contributed by atoms with E-state index in [0.29, 0.717) is 0 Å². The van der Waals surface area contributed by atoms with E-state index in [9.17, 15) is 0 Å². The molecule has 0 saturated heterocycles. The minimum absolute atomic E-state index is 0.000372. The molecule has 11 aromatic carbocycles. The Morgan fingerprint density at radius 3 is 1.22 bits per heavy atom. The predicted octanol–water partition coefficient (Wildman–Crippen LogP) is 17.4. The van der Waals surface area contributed by atoms with E-state index in [4.69, 9.17) is 4.42 Å². The molecule has 0 saturated carbocycles. The molecule has 12 rings (SSSR count). The molecule has 64 heavy (non-hydrogen) atoms. The largest absolute Gasteiger partial charge is 0.455 e. The van der Waals surface area contributed by atoms with Crippen molar-refractivity contribution >= 4 is 43.5 Å². The molecule has 0 spiro atoms. The molecule has 1 heteroatoms. The first-order valence-electron chi connectivity index (χ1n) is 22.1. The first-order chi connectivity index (χ1) is 31.7. The third kappa shape index (κ3) is 6.76. The first-order valence-corrected chi connectivity index (χ1v) is 22.1. The molecule has 0 fully saturated rings. The van der Waals surface area contributed by atoms with Crippen LogP contribution in [0.2, 0.25) is 0 Å². The number of hydrogen-bond donors (Lipinski definition) is 0. The Morgan fingerprint density at radius 1 is 0.250 bits per heavy atom. The lowest BCUT2D eigenvalue weighted by molar-refractivity contribution is 0.670. The van der Waals surface area contributed by atoms with Crippen molar-refractivity contribution in [2.75, 3.05) is 0 Å². The van der Waals surface area contributed by atoms with Crippen molar-refractivity contribution in [3.8, 4) is 55.6 Å². The van der Waals surface area contributed by atoms with Crippen LogP contribution in [-0.4, -0.2) is 0 Å².